The van der Waals surface area contributed by atoms with E-state index in [0.717, 1.165) is 23.2 Å². The van der Waals surface area contributed by atoms with Gasteiger partial charge in [-0.2, -0.15) is 5.26 Å². The SMILES string of the molecule is Cc1ccc(C2C(C#N)=C(N)NC3=C2C(=O)CC(C)(C)C3)cc1. The molecule has 23 heavy (non-hydrogen) atoms. The number of dihydropyridines is 1. The Balaban J connectivity index is 2.17. The fraction of sp³-hybridized carbons (Fsp3) is 0.368. The van der Waals surface area contributed by atoms with Gasteiger partial charge in [-0.15, -0.1) is 0 Å². The summed E-state index contributed by atoms with van der Waals surface area (Å²) in [6, 6.07) is 10.2. The lowest BCUT2D eigenvalue weighted by molar-refractivity contribution is -0.118. The number of ketones is 1. The number of carbonyl (C=O) groups excluding carboxylic acids is 1. The minimum absolute atomic E-state index is 0.0921. The maximum atomic E-state index is 12.8. The van der Waals surface area contributed by atoms with Gasteiger partial charge in [0, 0.05) is 17.7 Å². The van der Waals surface area contributed by atoms with Gasteiger partial charge in [-0.25, -0.2) is 0 Å². The van der Waals surface area contributed by atoms with Crippen LogP contribution in [0, 0.1) is 23.7 Å². The van der Waals surface area contributed by atoms with Crippen LogP contribution in [-0.4, -0.2) is 5.78 Å². The van der Waals surface area contributed by atoms with Crippen LogP contribution in [0.3, 0.4) is 0 Å². The van der Waals surface area contributed by atoms with Gasteiger partial charge >= 0.3 is 0 Å². The van der Waals surface area contributed by atoms with Crippen molar-refractivity contribution in [2.24, 2.45) is 11.1 Å². The van der Waals surface area contributed by atoms with Gasteiger partial charge < -0.3 is 11.1 Å². The monoisotopic (exact) mass is 307 g/mol. The Morgan fingerprint density at radius 3 is 2.52 bits per heavy atom. The molecule has 0 fully saturated rings. The standard InChI is InChI=1S/C19H21N3O/c1-11-4-6-12(7-5-11)16-13(10-20)18(21)22-14-8-19(2,3)9-15(23)17(14)16/h4-7,16,22H,8-9,21H2,1-3H3. The van der Waals surface area contributed by atoms with Crippen LogP contribution in [0.5, 0.6) is 0 Å². The summed E-state index contributed by atoms with van der Waals surface area (Å²) in [5.41, 5.74) is 10.1. The molecule has 4 nitrogen and oxygen atoms in total. The summed E-state index contributed by atoms with van der Waals surface area (Å²) >= 11 is 0. The van der Waals surface area contributed by atoms with Crippen LogP contribution in [0.15, 0.2) is 46.9 Å². The zero-order valence-corrected chi connectivity index (χ0v) is 13.7. The van der Waals surface area contributed by atoms with Gasteiger partial charge in [0.05, 0.1) is 17.6 Å². The number of hydrogen-bond acceptors (Lipinski definition) is 4. The number of Topliss-reactive ketones (excluding diaryl/α,β-unsaturated/α-hetero) is 1. The van der Waals surface area contributed by atoms with Crippen LogP contribution < -0.4 is 11.1 Å². The van der Waals surface area contributed by atoms with Crippen molar-refractivity contribution < 1.29 is 4.79 Å². The number of rotatable bonds is 1. The van der Waals surface area contributed by atoms with Crippen LogP contribution in [0.4, 0.5) is 0 Å². The number of aryl methyl sites for hydroxylation is 1. The first kappa shape index (κ1) is 15.4. The molecule has 0 spiro atoms. The molecule has 0 aromatic heterocycles. The van der Waals surface area contributed by atoms with Gasteiger partial charge in [0.1, 0.15) is 5.82 Å². The fourth-order valence-electron chi connectivity index (χ4n) is 3.53. The number of hydrogen-bond donors (Lipinski definition) is 2. The average molecular weight is 307 g/mol. The molecule has 0 radical (unpaired) electrons. The Kier molecular flexibility index (Phi) is 3.52. The molecule has 1 aliphatic carbocycles. The minimum atomic E-state index is -0.361. The van der Waals surface area contributed by atoms with E-state index < -0.39 is 0 Å². The van der Waals surface area contributed by atoms with Gasteiger partial charge in [0.2, 0.25) is 0 Å². The highest BCUT2D eigenvalue weighted by Gasteiger charge is 2.41. The molecule has 0 amide bonds. The number of nitrogens with two attached hydrogens (primary N) is 1. The molecule has 0 saturated carbocycles. The summed E-state index contributed by atoms with van der Waals surface area (Å²) < 4.78 is 0. The summed E-state index contributed by atoms with van der Waals surface area (Å²) in [5, 5.41) is 12.7. The summed E-state index contributed by atoms with van der Waals surface area (Å²) in [6.45, 7) is 6.18. The largest absolute Gasteiger partial charge is 0.384 e. The molecule has 1 atom stereocenters. The summed E-state index contributed by atoms with van der Waals surface area (Å²) in [4.78, 5) is 12.8. The lowest BCUT2D eigenvalue weighted by Gasteiger charge is -2.38. The van der Waals surface area contributed by atoms with E-state index in [1.54, 1.807) is 0 Å². The van der Waals surface area contributed by atoms with Gasteiger partial charge in [-0.3, -0.25) is 4.79 Å². The van der Waals surface area contributed by atoms with E-state index in [0.29, 0.717) is 23.4 Å². The van der Waals surface area contributed by atoms with E-state index >= 15 is 0 Å². The predicted molar refractivity (Wildman–Crippen MR) is 88.9 cm³/mol. The molecule has 118 valence electrons. The molecule has 4 heteroatoms. The van der Waals surface area contributed by atoms with E-state index in [4.69, 9.17) is 5.73 Å². The Labute approximate surface area is 136 Å². The first-order valence-corrected chi connectivity index (χ1v) is 7.82. The van der Waals surface area contributed by atoms with Crippen molar-refractivity contribution in [3.63, 3.8) is 0 Å². The highest BCUT2D eigenvalue weighted by Crippen LogP contribution is 2.45. The molecule has 0 bridgehead atoms. The van der Waals surface area contributed by atoms with Crippen LogP contribution >= 0.6 is 0 Å². The maximum absolute atomic E-state index is 12.8. The number of nitriles is 1. The van der Waals surface area contributed by atoms with E-state index in [2.05, 4.69) is 25.2 Å². The average Bonchev–Trinajstić information content (AvgIpc) is 2.45. The molecule has 1 aromatic carbocycles. The lowest BCUT2D eigenvalue weighted by Crippen LogP contribution is -2.39. The van der Waals surface area contributed by atoms with Gasteiger partial charge in [-0.05, 0) is 24.3 Å². The van der Waals surface area contributed by atoms with Crippen LogP contribution in [0.1, 0.15) is 43.7 Å². The first-order chi connectivity index (χ1) is 10.8. The number of nitrogens with zero attached hydrogens (tertiary/aromatic N) is 1. The van der Waals surface area contributed by atoms with Crippen molar-refractivity contribution in [3.05, 3.63) is 58.1 Å². The number of benzene rings is 1. The molecule has 1 aliphatic heterocycles. The molecule has 0 saturated heterocycles. The Morgan fingerprint density at radius 1 is 1.26 bits per heavy atom. The summed E-state index contributed by atoms with van der Waals surface area (Å²) in [7, 11) is 0. The topological polar surface area (TPSA) is 78.9 Å². The fourth-order valence-corrected chi connectivity index (χ4v) is 3.53. The summed E-state index contributed by atoms with van der Waals surface area (Å²) in [5.74, 6) is 0.109. The Bertz CT molecular complexity index is 776. The molecule has 1 unspecified atom stereocenters. The molecular formula is C19H21N3O. The normalized spacial score (nSPS) is 23.2. The molecular weight excluding hydrogens is 286 g/mol. The molecule has 1 aromatic rings. The van der Waals surface area contributed by atoms with Crippen molar-refractivity contribution in [2.45, 2.75) is 39.5 Å². The van der Waals surface area contributed by atoms with Gasteiger partial charge in [0.15, 0.2) is 5.78 Å². The smallest absolute Gasteiger partial charge is 0.162 e. The first-order valence-electron chi connectivity index (χ1n) is 7.82. The lowest BCUT2D eigenvalue weighted by atomic mass is 9.69. The predicted octanol–water partition coefficient (Wildman–Crippen LogP) is 3.02. The second kappa shape index (κ2) is 5.27. The zero-order valence-electron chi connectivity index (χ0n) is 13.7. The third-order valence-electron chi connectivity index (χ3n) is 4.60. The second-order valence-electron chi connectivity index (χ2n) is 7.24. The van der Waals surface area contributed by atoms with Crippen LogP contribution in [0.2, 0.25) is 0 Å². The number of nitrogens with one attached hydrogen (secondary N) is 1. The van der Waals surface area contributed by atoms with E-state index in [-0.39, 0.29) is 17.1 Å². The zero-order chi connectivity index (χ0) is 16.8. The van der Waals surface area contributed by atoms with Gasteiger partial charge in [-0.1, -0.05) is 43.7 Å². The van der Waals surface area contributed by atoms with Crippen LogP contribution in [-0.2, 0) is 4.79 Å². The van der Waals surface area contributed by atoms with Crippen molar-refractivity contribution in [3.8, 4) is 6.07 Å². The number of carbonyl (C=O) groups is 1. The Morgan fingerprint density at radius 2 is 1.91 bits per heavy atom. The molecule has 3 rings (SSSR count). The van der Waals surface area contributed by atoms with Crippen LogP contribution in [0.25, 0.3) is 0 Å². The van der Waals surface area contributed by atoms with Crippen molar-refractivity contribution in [2.75, 3.05) is 0 Å². The minimum Gasteiger partial charge on any atom is -0.384 e. The van der Waals surface area contributed by atoms with E-state index in [1.165, 1.54) is 0 Å². The number of allylic oxidation sites excluding steroid dienone is 3. The van der Waals surface area contributed by atoms with Crippen molar-refractivity contribution in [1.82, 2.24) is 5.32 Å². The third-order valence-corrected chi connectivity index (χ3v) is 4.60. The molecule has 3 N–H and O–H groups in total. The molecule has 2 aliphatic rings. The summed E-state index contributed by atoms with van der Waals surface area (Å²) in [6.07, 6.45) is 1.25. The molecule has 1 heterocycles. The third kappa shape index (κ3) is 2.63. The Hall–Kier alpha value is -2.54. The van der Waals surface area contributed by atoms with Gasteiger partial charge in [0.25, 0.3) is 0 Å². The van der Waals surface area contributed by atoms with Crippen molar-refractivity contribution in [1.29, 1.82) is 5.26 Å². The van der Waals surface area contributed by atoms with E-state index in [9.17, 15) is 10.1 Å². The second-order valence-corrected chi connectivity index (χ2v) is 7.24. The maximum Gasteiger partial charge on any atom is 0.162 e. The quantitative estimate of drug-likeness (QED) is 0.836. The van der Waals surface area contributed by atoms with Crippen molar-refractivity contribution >= 4 is 5.78 Å². The highest BCUT2D eigenvalue weighted by molar-refractivity contribution is 6.00. The highest BCUT2D eigenvalue weighted by atomic mass is 16.1. The van der Waals surface area contributed by atoms with E-state index in [1.807, 2.05) is 31.2 Å².